The van der Waals surface area contributed by atoms with Crippen LogP contribution in [0.1, 0.15) is 59.2 Å². The summed E-state index contributed by atoms with van der Waals surface area (Å²) in [5, 5.41) is 0. The van der Waals surface area contributed by atoms with Gasteiger partial charge in [0.05, 0.1) is 11.6 Å². The average Bonchev–Trinajstić information content (AvgIpc) is 3.47. The summed E-state index contributed by atoms with van der Waals surface area (Å²) in [6.07, 6.45) is 4.81. The predicted molar refractivity (Wildman–Crippen MR) is 123 cm³/mol. The number of carbonyl (C=O) groups excluding carboxylic acids is 3. The fourth-order valence-corrected chi connectivity index (χ4v) is 6.72. The van der Waals surface area contributed by atoms with Gasteiger partial charge in [-0.2, -0.15) is 0 Å². The lowest BCUT2D eigenvalue weighted by Gasteiger charge is -2.43. The van der Waals surface area contributed by atoms with Gasteiger partial charge in [0.2, 0.25) is 11.8 Å². The molecule has 2 saturated carbocycles. The molecule has 2 aromatic rings. The molecule has 6 heteroatoms. The number of hydrogen-bond donors (Lipinski definition) is 1. The van der Waals surface area contributed by atoms with Gasteiger partial charge in [0.15, 0.2) is 0 Å². The second-order valence-corrected chi connectivity index (χ2v) is 10.0. The molecule has 1 spiro atoms. The molecule has 2 unspecified atom stereocenters. The highest BCUT2D eigenvalue weighted by molar-refractivity contribution is 5.99. The molecule has 2 aliphatic heterocycles. The molecular weight excluding hydrogens is 414 g/mol. The third kappa shape index (κ3) is 2.96. The van der Waals surface area contributed by atoms with Gasteiger partial charge in [0.25, 0.3) is 5.91 Å². The van der Waals surface area contributed by atoms with Gasteiger partial charge in [-0.15, -0.1) is 0 Å². The highest BCUT2D eigenvalue weighted by Crippen LogP contribution is 2.58. The zero-order valence-electron chi connectivity index (χ0n) is 18.7. The molecule has 6 nitrogen and oxygen atoms in total. The monoisotopic (exact) mass is 443 g/mol. The highest BCUT2D eigenvalue weighted by atomic mass is 16.2. The van der Waals surface area contributed by atoms with Gasteiger partial charge in [-0.05, 0) is 42.0 Å². The Bertz CT molecular complexity index is 1160. The minimum atomic E-state index is -0.511. The van der Waals surface area contributed by atoms with E-state index in [2.05, 4.69) is 12.1 Å². The number of benzene rings is 2. The third-order valence-electron chi connectivity index (χ3n) is 8.41. The molecule has 4 aliphatic rings. The number of fused-ring (bicyclic) bond motifs is 3. The van der Waals surface area contributed by atoms with Crippen LogP contribution in [0.2, 0.25) is 0 Å². The van der Waals surface area contributed by atoms with E-state index in [-0.39, 0.29) is 29.7 Å². The lowest BCUT2D eigenvalue weighted by atomic mass is 9.77. The van der Waals surface area contributed by atoms with Gasteiger partial charge >= 0.3 is 0 Å². The van der Waals surface area contributed by atoms with E-state index >= 15 is 0 Å². The van der Waals surface area contributed by atoms with E-state index in [1.165, 1.54) is 5.56 Å². The van der Waals surface area contributed by atoms with Crippen LogP contribution >= 0.6 is 0 Å². The first-order valence-corrected chi connectivity index (χ1v) is 12.1. The van der Waals surface area contributed by atoms with Gasteiger partial charge in [0.1, 0.15) is 0 Å². The van der Waals surface area contributed by atoms with Gasteiger partial charge < -0.3 is 15.5 Å². The van der Waals surface area contributed by atoms with E-state index in [0.717, 1.165) is 42.4 Å². The summed E-state index contributed by atoms with van der Waals surface area (Å²) in [5.41, 5.74) is 9.43. The van der Waals surface area contributed by atoms with Gasteiger partial charge in [0, 0.05) is 36.9 Å². The van der Waals surface area contributed by atoms with Crippen LogP contribution in [0, 0.1) is 11.8 Å². The maximum atomic E-state index is 14.0. The lowest BCUT2D eigenvalue weighted by molar-refractivity contribution is -0.146. The SMILES string of the molecule is NC(=O)[C@H]1CCCC[C@H]1C(=O)N1CCc2ccccc2C12CC2N1Cc2ccccc2C1=O. The molecule has 2 N–H and O–H groups in total. The lowest BCUT2D eigenvalue weighted by Crippen LogP contribution is -2.53. The molecule has 2 fully saturated rings. The van der Waals surface area contributed by atoms with E-state index in [1.54, 1.807) is 0 Å². The molecule has 0 saturated heterocycles. The fourth-order valence-electron chi connectivity index (χ4n) is 6.72. The molecule has 4 atom stereocenters. The van der Waals surface area contributed by atoms with Crippen molar-refractivity contribution in [3.63, 3.8) is 0 Å². The fraction of sp³-hybridized carbons (Fsp3) is 0.444. The van der Waals surface area contributed by atoms with Crippen molar-refractivity contribution in [2.45, 2.75) is 56.7 Å². The largest absolute Gasteiger partial charge is 0.369 e. The van der Waals surface area contributed by atoms with Crippen molar-refractivity contribution in [1.82, 2.24) is 9.80 Å². The van der Waals surface area contributed by atoms with Gasteiger partial charge in [-0.25, -0.2) is 0 Å². The Morgan fingerprint density at radius 3 is 2.39 bits per heavy atom. The van der Waals surface area contributed by atoms with Crippen molar-refractivity contribution < 1.29 is 14.4 Å². The highest BCUT2D eigenvalue weighted by Gasteiger charge is 2.67. The Kier molecular flexibility index (Phi) is 4.61. The Morgan fingerprint density at radius 2 is 1.64 bits per heavy atom. The summed E-state index contributed by atoms with van der Waals surface area (Å²) in [5.74, 6) is -1.02. The average molecular weight is 444 g/mol. The van der Waals surface area contributed by atoms with Crippen LogP contribution in [0.5, 0.6) is 0 Å². The van der Waals surface area contributed by atoms with Crippen LogP contribution in [0.4, 0.5) is 0 Å². The van der Waals surface area contributed by atoms with Gasteiger partial charge in [-0.1, -0.05) is 55.3 Å². The number of nitrogens with two attached hydrogens (primary N) is 1. The number of primary amides is 1. The maximum Gasteiger partial charge on any atom is 0.254 e. The van der Waals surface area contributed by atoms with Crippen LogP contribution in [0.15, 0.2) is 48.5 Å². The maximum absolute atomic E-state index is 14.0. The van der Waals surface area contributed by atoms with E-state index in [9.17, 15) is 14.4 Å². The summed E-state index contributed by atoms with van der Waals surface area (Å²) < 4.78 is 0. The van der Waals surface area contributed by atoms with Crippen LogP contribution in [0.25, 0.3) is 0 Å². The van der Waals surface area contributed by atoms with Crippen molar-refractivity contribution in [3.8, 4) is 0 Å². The Hall–Kier alpha value is -3.15. The van der Waals surface area contributed by atoms with Crippen molar-refractivity contribution in [3.05, 3.63) is 70.8 Å². The Balaban J connectivity index is 1.38. The second kappa shape index (κ2) is 7.44. The molecule has 0 bridgehead atoms. The Morgan fingerprint density at radius 1 is 0.939 bits per heavy atom. The van der Waals surface area contributed by atoms with E-state index in [1.807, 2.05) is 46.2 Å². The van der Waals surface area contributed by atoms with E-state index in [0.29, 0.717) is 25.9 Å². The van der Waals surface area contributed by atoms with Crippen LogP contribution in [-0.4, -0.2) is 40.1 Å². The molecule has 33 heavy (non-hydrogen) atoms. The molecule has 6 rings (SSSR count). The number of amides is 3. The van der Waals surface area contributed by atoms with Gasteiger partial charge in [-0.3, -0.25) is 14.4 Å². The standard InChI is InChI=1S/C27H29N3O3/c28-24(31)20-10-4-5-11-21(20)26(33)30-14-13-17-7-2-6-12-22(17)27(30)15-23(27)29-16-18-8-1-3-9-19(18)25(29)32/h1-3,6-9,12,20-21,23H,4-5,10-11,13-16H2,(H2,28,31)/t20-,21+,23?,27?/m0/s1. The molecule has 2 heterocycles. The van der Waals surface area contributed by atoms with Crippen molar-refractivity contribution in [2.24, 2.45) is 17.6 Å². The number of nitrogens with zero attached hydrogens (tertiary/aromatic N) is 2. The van der Waals surface area contributed by atoms with Crippen molar-refractivity contribution in [2.75, 3.05) is 6.54 Å². The predicted octanol–water partition coefficient (Wildman–Crippen LogP) is 2.99. The molecule has 3 amide bonds. The van der Waals surface area contributed by atoms with Crippen molar-refractivity contribution >= 4 is 17.7 Å². The molecule has 2 aromatic carbocycles. The zero-order valence-corrected chi connectivity index (χ0v) is 18.7. The minimum Gasteiger partial charge on any atom is -0.369 e. The molecule has 0 aromatic heterocycles. The number of carbonyl (C=O) groups is 3. The quantitative estimate of drug-likeness (QED) is 0.792. The Labute approximate surface area is 193 Å². The molecule has 0 radical (unpaired) electrons. The molecular formula is C27H29N3O3. The normalized spacial score (nSPS) is 30.2. The second-order valence-electron chi connectivity index (χ2n) is 10.0. The van der Waals surface area contributed by atoms with Crippen LogP contribution in [0.3, 0.4) is 0 Å². The summed E-state index contributed by atoms with van der Waals surface area (Å²) in [7, 11) is 0. The first-order valence-electron chi connectivity index (χ1n) is 12.1. The van der Waals surface area contributed by atoms with Crippen LogP contribution < -0.4 is 5.73 Å². The minimum absolute atomic E-state index is 0.0414. The van der Waals surface area contributed by atoms with Crippen molar-refractivity contribution in [1.29, 1.82) is 0 Å². The summed E-state index contributed by atoms with van der Waals surface area (Å²) >= 11 is 0. The number of hydrogen-bond acceptors (Lipinski definition) is 3. The third-order valence-corrected chi connectivity index (χ3v) is 8.41. The summed E-state index contributed by atoms with van der Waals surface area (Å²) in [6.45, 7) is 1.20. The topological polar surface area (TPSA) is 83.7 Å². The van der Waals surface area contributed by atoms with E-state index < -0.39 is 11.5 Å². The molecule has 170 valence electrons. The smallest absolute Gasteiger partial charge is 0.254 e. The molecule has 2 aliphatic carbocycles. The summed E-state index contributed by atoms with van der Waals surface area (Å²) in [6, 6.07) is 16.1. The first kappa shape index (κ1) is 20.5. The number of rotatable bonds is 3. The first-order chi connectivity index (χ1) is 16.0. The summed E-state index contributed by atoms with van der Waals surface area (Å²) in [4.78, 5) is 43.4. The zero-order chi connectivity index (χ0) is 22.7. The van der Waals surface area contributed by atoms with E-state index in [4.69, 9.17) is 5.73 Å². The van der Waals surface area contributed by atoms with Crippen LogP contribution in [-0.2, 0) is 28.1 Å².